The van der Waals surface area contributed by atoms with Gasteiger partial charge in [-0.3, -0.25) is 4.79 Å². The van der Waals surface area contributed by atoms with Crippen LogP contribution in [0.15, 0.2) is 18.2 Å². The van der Waals surface area contributed by atoms with Gasteiger partial charge in [0.05, 0.1) is 0 Å². The van der Waals surface area contributed by atoms with Crippen molar-refractivity contribution in [1.82, 2.24) is 10.6 Å². The summed E-state index contributed by atoms with van der Waals surface area (Å²) >= 11 is 5.76. The van der Waals surface area contributed by atoms with Gasteiger partial charge in [-0.25, -0.2) is 13.2 Å². The zero-order valence-corrected chi connectivity index (χ0v) is 14.6. The van der Waals surface area contributed by atoms with Gasteiger partial charge in [0.1, 0.15) is 5.82 Å². The molecule has 2 saturated carbocycles. The highest BCUT2D eigenvalue weighted by atomic mass is 35.5. The van der Waals surface area contributed by atoms with Crippen molar-refractivity contribution in [1.29, 1.82) is 0 Å². The van der Waals surface area contributed by atoms with E-state index >= 15 is 0 Å². The second-order valence-corrected chi connectivity index (χ2v) is 7.64. The number of carbonyl (C=O) groups excluding carboxylic acids is 1. The molecule has 0 unspecified atom stereocenters. The van der Waals surface area contributed by atoms with Crippen molar-refractivity contribution in [3.63, 3.8) is 0 Å². The van der Waals surface area contributed by atoms with Crippen LogP contribution in [0.2, 0.25) is 5.02 Å². The Balaban J connectivity index is 1.36. The third kappa shape index (κ3) is 5.11. The quantitative estimate of drug-likeness (QED) is 0.812. The third-order valence-electron chi connectivity index (χ3n) is 5.13. The number of carbonyl (C=O) groups is 1. The van der Waals surface area contributed by atoms with E-state index in [9.17, 15) is 18.0 Å². The van der Waals surface area contributed by atoms with Crippen LogP contribution in [-0.2, 0) is 0 Å². The lowest BCUT2D eigenvalue weighted by Crippen LogP contribution is -2.53. The van der Waals surface area contributed by atoms with E-state index in [1.807, 2.05) is 0 Å². The summed E-state index contributed by atoms with van der Waals surface area (Å²) in [5.74, 6) is -3.05. The summed E-state index contributed by atoms with van der Waals surface area (Å²) in [7, 11) is 0. The van der Waals surface area contributed by atoms with E-state index in [1.54, 1.807) is 0 Å². The predicted molar refractivity (Wildman–Crippen MR) is 90.6 cm³/mol. The summed E-state index contributed by atoms with van der Waals surface area (Å²) in [4.78, 5) is 12.1. The van der Waals surface area contributed by atoms with Crippen molar-refractivity contribution >= 4 is 17.5 Å². The van der Waals surface area contributed by atoms with Crippen molar-refractivity contribution < 1.29 is 18.0 Å². The molecule has 2 aliphatic carbocycles. The monoisotopic (exact) mass is 374 g/mol. The smallest absolute Gasteiger partial charge is 0.251 e. The second kappa shape index (κ2) is 7.54. The topological polar surface area (TPSA) is 41.1 Å². The summed E-state index contributed by atoms with van der Waals surface area (Å²) in [5.41, 5.74) is 0.213. The number of nitrogens with one attached hydrogen (secondary N) is 2. The normalized spacial score (nSPS) is 26.1. The zero-order chi connectivity index (χ0) is 18.0. The molecule has 2 fully saturated rings. The summed E-state index contributed by atoms with van der Waals surface area (Å²) in [6, 6.07) is 4.09. The minimum atomic E-state index is -2.48. The molecule has 25 heavy (non-hydrogen) atoms. The van der Waals surface area contributed by atoms with Gasteiger partial charge in [-0.05, 0) is 56.3 Å². The van der Waals surface area contributed by atoms with Gasteiger partial charge in [0.25, 0.3) is 5.91 Å². The molecule has 2 N–H and O–H groups in total. The van der Waals surface area contributed by atoms with Gasteiger partial charge in [0, 0.05) is 35.5 Å². The Bertz CT molecular complexity index is 604. The maximum Gasteiger partial charge on any atom is 0.251 e. The van der Waals surface area contributed by atoms with Gasteiger partial charge in [0.2, 0.25) is 5.92 Å². The summed E-state index contributed by atoms with van der Waals surface area (Å²) in [5, 5.41) is 6.45. The van der Waals surface area contributed by atoms with Crippen LogP contribution in [0.1, 0.15) is 48.9 Å². The minimum absolute atomic E-state index is 0.0150. The van der Waals surface area contributed by atoms with Gasteiger partial charge in [-0.1, -0.05) is 11.6 Å². The molecule has 3 rings (SSSR count). The lowest BCUT2D eigenvalue weighted by molar-refractivity contribution is -0.0459. The molecule has 0 spiro atoms. The van der Waals surface area contributed by atoms with Crippen molar-refractivity contribution in [3.05, 3.63) is 34.6 Å². The maximum atomic E-state index is 13.3. The van der Waals surface area contributed by atoms with Crippen LogP contribution in [0.3, 0.4) is 0 Å². The lowest BCUT2D eigenvalue weighted by Gasteiger charge is -2.38. The van der Waals surface area contributed by atoms with E-state index in [2.05, 4.69) is 10.6 Å². The Morgan fingerprint density at radius 1 is 1.16 bits per heavy atom. The van der Waals surface area contributed by atoms with Crippen molar-refractivity contribution in [2.24, 2.45) is 5.92 Å². The van der Waals surface area contributed by atoms with E-state index in [4.69, 9.17) is 11.6 Å². The molecule has 0 heterocycles. The summed E-state index contributed by atoms with van der Waals surface area (Å²) in [6.45, 7) is 0.751. The highest BCUT2D eigenvalue weighted by Crippen LogP contribution is 2.36. The molecule has 7 heteroatoms. The molecule has 1 amide bonds. The average molecular weight is 375 g/mol. The maximum absolute atomic E-state index is 13.3. The van der Waals surface area contributed by atoms with Crippen LogP contribution in [0.25, 0.3) is 0 Å². The standard InChI is InChI=1S/C18H22ClF3N2O/c19-13-5-12(6-14(20)7-13)17(25)24-16-8-15(9-16)23-10-11-1-3-18(21,22)4-2-11/h5-7,11,15-16,23H,1-4,8-10H2,(H,24,25)/t15-,16-. The van der Waals surface area contributed by atoms with Crippen LogP contribution in [0, 0.1) is 11.7 Å². The fourth-order valence-electron chi connectivity index (χ4n) is 3.49. The molecular weight excluding hydrogens is 353 g/mol. The van der Waals surface area contributed by atoms with E-state index in [1.165, 1.54) is 6.07 Å². The van der Waals surface area contributed by atoms with Gasteiger partial charge in [0.15, 0.2) is 0 Å². The van der Waals surface area contributed by atoms with Gasteiger partial charge >= 0.3 is 0 Å². The van der Waals surface area contributed by atoms with Crippen LogP contribution < -0.4 is 10.6 Å². The molecule has 3 nitrogen and oxygen atoms in total. The number of rotatable bonds is 5. The summed E-state index contributed by atoms with van der Waals surface area (Å²) in [6.07, 6.45) is 2.67. The third-order valence-corrected chi connectivity index (χ3v) is 5.35. The Morgan fingerprint density at radius 2 is 1.84 bits per heavy atom. The molecule has 0 aliphatic heterocycles. The number of benzene rings is 1. The predicted octanol–water partition coefficient (Wildman–Crippen LogP) is 4.16. The first kappa shape index (κ1) is 18.5. The van der Waals surface area contributed by atoms with Gasteiger partial charge < -0.3 is 10.6 Å². The minimum Gasteiger partial charge on any atom is -0.349 e. The SMILES string of the molecule is O=C(N[C@H]1C[C@H](NCC2CCC(F)(F)CC2)C1)c1cc(F)cc(Cl)c1. The van der Waals surface area contributed by atoms with Crippen molar-refractivity contribution in [3.8, 4) is 0 Å². The Kier molecular flexibility index (Phi) is 5.58. The zero-order valence-electron chi connectivity index (χ0n) is 13.8. The molecule has 0 saturated heterocycles. The number of halogens is 4. The molecule has 0 atom stereocenters. The fraction of sp³-hybridized carbons (Fsp3) is 0.611. The highest BCUT2D eigenvalue weighted by Gasteiger charge is 2.36. The molecule has 0 aromatic heterocycles. The van der Waals surface area contributed by atoms with Crippen molar-refractivity contribution in [2.75, 3.05) is 6.54 Å². The Hall–Kier alpha value is -1.27. The second-order valence-electron chi connectivity index (χ2n) is 7.20. The Labute approximate surface area is 150 Å². The number of alkyl halides is 2. The number of hydrogen-bond donors (Lipinski definition) is 2. The van der Waals surface area contributed by atoms with Crippen LogP contribution in [0.4, 0.5) is 13.2 Å². The molecule has 138 valence electrons. The summed E-state index contributed by atoms with van der Waals surface area (Å²) < 4.78 is 39.5. The van der Waals surface area contributed by atoms with E-state index in [0.717, 1.165) is 31.5 Å². The number of hydrogen-bond acceptors (Lipinski definition) is 2. The van der Waals surface area contributed by atoms with Crippen LogP contribution in [-0.4, -0.2) is 30.5 Å². The largest absolute Gasteiger partial charge is 0.349 e. The molecule has 2 aliphatic rings. The van der Waals surface area contributed by atoms with Crippen molar-refractivity contribution in [2.45, 2.75) is 56.5 Å². The first-order valence-corrected chi connectivity index (χ1v) is 9.07. The first-order chi connectivity index (χ1) is 11.8. The van der Waals surface area contributed by atoms with Gasteiger partial charge in [-0.15, -0.1) is 0 Å². The molecular formula is C18H22ClF3N2O. The highest BCUT2D eigenvalue weighted by molar-refractivity contribution is 6.31. The van der Waals surface area contributed by atoms with Crippen LogP contribution in [0.5, 0.6) is 0 Å². The molecule has 1 aromatic rings. The lowest BCUT2D eigenvalue weighted by atomic mass is 9.84. The first-order valence-electron chi connectivity index (χ1n) is 8.69. The van der Waals surface area contributed by atoms with E-state index in [0.29, 0.717) is 24.8 Å². The fourth-order valence-corrected chi connectivity index (χ4v) is 3.72. The van der Waals surface area contributed by atoms with Gasteiger partial charge in [-0.2, -0.15) is 0 Å². The number of amides is 1. The van der Waals surface area contributed by atoms with Crippen LogP contribution >= 0.6 is 11.6 Å². The van der Waals surface area contributed by atoms with E-state index < -0.39 is 11.7 Å². The molecule has 1 aromatic carbocycles. The van der Waals surface area contributed by atoms with E-state index in [-0.39, 0.29) is 35.4 Å². The average Bonchev–Trinajstić information content (AvgIpc) is 2.49. The molecule has 0 radical (unpaired) electrons. The molecule has 0 bridgehead atoms. The Morgan fingerprint density at radius 3 is 2.48 bits per heavy atom.